The Hall–Kier alpha value is -2.34. The molecule has 0 saturated carbocycles. The highest BCUT2D eigenvalue weighted by Crippen LogP contribution is 2.40. The molecule has 3 nitrogen and oxygen atoms in total. The highest BCUT2D eigenvalue weighted by molar-refractivity contribution is 5.70. The van der Waals surface area contributed by atoms with Crippen LogP contribution in [-0.2, 0) is 17.4 Å². The lowest BCUT2D eigenvalue weighted by Gasteiger charge is -2.38. The van der Waals surface area contributed by atoms with Crippen LogP contribution in [0.3, 0.4) is 0 Å². The second-order valence-corrected chi connectivity index (χ2v) is 7.26. The number of alkyl halides is 3. The Balaban J connectivity index is 2.08. The average molecular weight is 391 g/mol. The van der Waals surface area contributed by atoms with E-state index in [9.17, 15) is 23.1 Å². The summed E-state index contributed by atoms with van der Waals surface area (Å²) < 4.78 is 41.1. The lowest BCUT2D eigenvalue weighted by Crippen LogP contribution is -2.41. The Bertz CT molecular complexity index is 817. The highest BCUT2D eigenvalue weighted by atomic mass is 19.4. The molecule has 150 valence electrons. The maximum atomic E-state index is 13.7. The fraction of sp³-hybridized carbons (Fsp3) is 0.409. The van der Waals surface area contributed by atoms with Gasteiger partial charge in [-0.15, -0.1) is 0 Å². The summed E-state index contributed by atoms with van der Waals surface area (Å²) in [6.45, 7) is 2.82. The Labute approximate surface area is 162 Å². The summed E-state index contributed by atoms with van der Waals surface area (Å²) in [6, 6.07) is 12.5. The maximum absolute atomic E-state index is 13.7. The third-order valence-corrected chi connectivity index (χ3v) is 5.43. The molecule has 1 N–H and O–H groups in total. The summed E-state index contributed by atoms with van der Waals surface area (Å²) >= 11 is 0. The van der Waals surface area contributed by atoms with Gasteiger partial charge in [-0.2, -0.15) is 13.2 Å². The van der Waals surface area contributed by atoms with Gasteiger partial charge in [-0.05, 0) is 48.6 Å². The minimum atomic E-state index is -4.47. The van der Waals surface area contributed by atoms with Gasteiger partial charge in [0.1, 0.15) is 0 Å². The predicted octanol–water partition coefficient (Wildman–Crippen LogP) is 5.15. The summed E-state index contributed by atoms with van der Waals surface area (Å²) in [5, 5.41) is 9.42. The van der Waals surface area contributed by atoms with Crippen LogP contribution in [0.2, 0.25) is 0 Å². The summed E-state index contributed by atoms with van der Waals surface area (Å²) in [5.74, 6) is -1.46. The maximum Gasteiger partial charge on any atom is 0.416 e. The van der Waals surface area contributed by atoms with Crippen LogP contribution in [-0.4, -0.2) is 29.1 Å². The third kappa shape index (κ3) is 4.38. The molecular formula is C22H24F3NO2. The van der Waals surface area contributed by atoms with Crippen molar-refractivity contribution in [1.29, 1.82) is 0 Å². The van der Waals surface area contributed by atoms with Crippen LogP contribution >= 0.6 is 0 Å². The van der Waals surface area contributed by atoms with E-state index in [0.717, 1.165) is 23.6 Å². The first kappa shape index (κ1) is 20.4. The third-order valence-electron chi connectivity index (χ3n) is 5.43. The molecule has 28 heavy (non-hydrogen) atoms. The van der Waals surface area contributed by atoms with E-state index in [-0.39, 0.29) is 12.1 Å². The fourth-order valence-corrected chi connectivity index (χ4v) is 3.96. The minimum absolute atomic E-state index is 0.172. The standard InChI is InChI=1S/C22H24F3NO2/c1-2-15-9-11-16(12-10-15)20(26-13-5-6-17(14-26)21(27)28)18-7-3-4-8-19(18)22(23,24)25/h3-4,7-12,17,20H,2,5-6,13-14H2,1H3,(H,27,28). The van der Waals surface area contributed by atoms with E-state index >= 15 is 0 Å². The molecule has 0 amide bonds. The smallest absolute Gasteiger partial charge is 0.416 e. The molecule has 2 aromatic carbocycles. The van der Waals surface area contributed by atoms with Gasteiger partial charge in [-0.3, -0.25) is 9.69 Å². The zero-order valence-electron chi connectivity index (χ0n) is 15.7. The van der Waals surface area contributed by atoms with Gasteiger partial charge in [0.15, 0.2) is 0 Å². The minimum Gasteiger partial charge on any atom is -0.481 e. The molecule has 1 heterocycles. The van der Waals surface area contributed by atoms with E-state index < -0.39 is 29.7 Å². The molecule has 0 bridgehead atoms. The van der Waals surface area contributed by atoms with Crippen molar-refractivity contribution in [2.24, 2.45) is 5.92 Å². The molecule has 2 atom stereocenters. The summed E-state index contributed by atoms with van der Waals surface area (Å²) in [6.07, 6.45) is -2.43. The molecule has 2 aromatic rings. The first-order chi connectivity index (χ1) is 13.3. The van der Waals surface area contributed by atoms with Gasteiger partial charge in [-0.1, -0.05) is 49.4 Å². The highest BCUT2D eigenvalue weighted by Gasteiger charge is 2.38. The summed E-state index contributed by atoms with van der Waals surface area (Å²) in [4.78, 5) is 13.4. The molecule has 0 aromatic heterocycles. The van der Waals surface area contributed by atoms with Crippen molar-refractivity contribution in [3.05, 3.63) is 70.8 Å². The molecule has 6 heteroatoms. The van der Waals surface area contributed by atoms with Crippen LogP contribution in [0.1, 0.15) is 48.1 Å². The second-order valence-electron chi connectivity index (χ2n) is 7.26. The molecule has 2 unspecified atom stereocenters. The number of nitrogens with zero attached hydrogens (tertiary/aromatic N) is 1. The Morgan fingerprint density at radius 3 is 2.46 bits per heavy atom. The number of carbonyl (C=O) groups is 1. The number of halogens is 3. The number of likely N-dealkylation sites (tertiary alicyclic amines) is 1. The van der Waals surface area contributed by atoms with Gasteiger partial charge in [0, 0.05) is 6.54 Å². The topological polar surface area (TPSA) is 40.5 Å². The molecule has 1 aliphatic rings. The van der Waals surface area contributed by atoms with Crippen molar-refractivity contribution in [2.75, 3.05) is 13.1 Å². The molecule has 1 fully saturated rings. The molecular weight excluding hydrogens is 367 g/mol. The molecule has 0 spiro atoms. The summed E-state index contributed by atoms with van der Waals surface area (Å²) in [5.41, 5.74) is 1.36. The number of hydrogen-bond acceptors (Lipinski definition) is 2. The number of aryl methyl sites for hydroxylation is 1. The van der Waals surface area contributed by atoms with Crippen LogP contribution in [0.15, 0.2) is 48.5 Å². The molecule has 0 radical (unpaired) electrons. The molecule has 1 saturated heterocycles. The van der Waals surface area contributed by atoms with E-state index in [4.69, 9.17) is 0 Å². The number of piperidine rings is 1. The van der Waals surface area contributed by atoms with Crippen molar-refractivity contribution in [3.8, 4) is 0 Å². The Morgan fingerprint density at radius 1 is 1.18 bits per heavy atom. The van der Waals surface area contributed by atoms with Crippen LogP contribution in [0.4, 0.5) is 13.2 Å². The van der Waals surface area contributed by atoms with Gasteiger partial charge in [0.05, 0.1) is 17.5 Å². The molecule has 0 aliphatic carbocycles. The zero-order chi connectivity index (χ0) is 20.3. The van der Waals surface area contributed by atoms with Gasteiger partial charge in [0.25, 0.3) is 0 Å². The first-order valence-corrected chi connectivity index (χ1v) is 9.53. The number of rotatable bonds is 5. The second kappa shape index (κ2) is 8.35. The monoisotopic (exact) mass is 391 g/mol. The van der Waals surface area contributed by atoms with Crippen molar-refractivity contribution in [1.82, 2.24) is 4.90 Å². The Kier molecular flexibility index (Phi) is 6.08. The lowest BCUT2D eigenvalue weighted by atomic mass is 9.88. The zero-order valence-corrected chi connectivity index (χ0v) is 15.7. The van der Waals surface area contributed by atoms with Crippen molar-refractivity contribution in [3.63, 3.8) is 0 Å². The van der Waals surface area contributed by atoms with Gasteiger partial charge in [0.2, 0.25) is 0 Å². The summed E-state index contributed by atoms with van der Waals surface area (Å²) in [7, 11) is 0. The van der Waals surface area contributed by atoms with Crippen LogP contribution in [0.25, 0.3) is 0 Å². The van der Waals surface area contributed by atoms with E-state index in [1.54, 1.807) is 6.07 Å². The van der Waals surface area contributed by atoms with Crippen LogP contribution in [0.5, 0.6) is 0 Å². The molecule has 1 aliphatic heterocycles. The number of benzene rings is 2. The first-order valence-electron chi connectivity index (χ1n) is 9.53. The van der Waals surface area contributed by atoms with E-state index in [2.05, 4.69) is 0 Å². The van der Waals surface area contributed by atoms with E-state index in [1.807, 2.05) is 36.1 Å². The van der Waals surface area contributed by atoms with Gasteiger partial charge < -0.3 is 5.11 Å². The average Bonchev–Trinajstić information content (AvgIpc) is 2.68. The predicted molar refractivity (Wildman–Crippen MR) is 101 cm³/mol. The van der Waals surface area contributed by atoms with Crippen molar-refractivity contribution >= 4 is 5.97 Å². The van der Waals surface area contributed by atoms with Crippen LogP contribution < -0.4 is 0 Å². The largest absolute Gasteiger partial charge is 0.481 e. The van der Waals surface area contributed by atoms with Gasteiger partial charge in [-0.25, -0.2) is 0 Å². The van der Waals surface area contributed by atoms with E-state index in [0.29, 0.717) is 19.4 Å². The normalized spacial score (nSPS) is 19.4. The van der Waals surface area contributed by atoms with Crippen LogP contribution in [0, 0.1) is 5.92 Å². The number of carboxylic acids is 1. The molecule has 3 rings (SSSR count). The van der Waals surface area contributed by atoms with Gasteiger partial charge >= 0.3 is 12.1 Å². The number of aliphatic carboxylic acids is 1. The SMILES string of the molecule is CCc1ccc(C(c2ccccc2C(F)(F)F)N2CCCC(C(=O)O)C2)cc1. The quantitative estimate of drug-likeness (QED) is 0.766. The van der Waals surface area contributed by atoms with Crippen molar-refractivity contribution in [2.45, 2.75) is 38.4 Å². The number of hydrogen-bond donors (Lipinski definition) is 1. The van der Waals surface area contributed by atoms with E-state index in [1.165, 1.54) is 12.1 Å². The lowest BCUT2D eigenvalue weighted by molar-refractivity contribution is -0.144. The number of carboxylic acid groups (broad SMARTS) is 1. The van der Waals surface area contributed by atoms with Crippen molar-refractivity contribution < 1.29 is 23.1 Å². The Morgan fingerprint density at radius 2 is 1.86 bits per heavy atom. The fourth-order valence-electron chi connectivity index (χ4n) is 3.96.